The third kappa shape index (κ3) is 1.53. The summed E-state index contributed by atoms with van der Waals surface area (Å²) in [5.41, 5.74) is 7.87. The molecule has 0 saturated carbocycles. The lowest BCUT2D eigenvalue weighted by Gasteiger charge is -2.03. The lowest BCUT2D eigenvalue weighted by Crippen LogP contribution is -2.03. The van der Waals surface area contributed by atoms with E-state index in [0.717, 1.165) is 11.9 Å². The van der Waals surface area contributed by atoms with Gasteiger partial charge in [-0.05, 0) is 30.7 Å². The number of pyridine rings is 1. The van der Waals surface area contributed by atoms with Gasteiger partial charge >= 0.3 is 0 Å². The number of fused-ring (bicyclic) bond motifs is 1. The second kappa shape index (κ2) is 3.54. The number of hydrogen-bond donors (Lipinski definition) is 1. The molecule has 0 aliphatic heterocycles. The van der Waals surface area contributed by atoms with Gasteiger partial charge in [-0.15, -0.1) is 0 Å². The Bertz CT molecular complexity index is 404. The van der Waals surface area contributed by atoms with E-state index in [9.17, 15) is 0 Å². The summed E-state index contributed by atoms with van der Waals surface area (Å²) in [5.74, 6) is 0. The fraction of sp³-hybridized carbons (Fsp3) is 0.182. The van der Waals surface area contributed by atoms with Crippen LogP contribution in [0.2, 0.25) is 0 Å². The molecule has 0 radical (unpaired) electrons. The minimum atomic E-state index is 0.688. The van der Waals surface area contributed by atoms with Crippen molar-refractivity contribution in [1.29, 1.82) is 0 Å². The average Bonchev–Trinajstić information content (AvgIpc) is 2.19. The topological polar surface area (TPSA) is 38.9 Å². The van der Waals surface area contributed by atoms with E-state index in [1.165, 1.54) is 10.9 Å². The van der Waals surface area contributed by atoms with E-state index >= 15 is 0 Å². The van der Waals surface area contributed by atoms with Gasteiger partial charge < -0.3 is 5.73 Å². The molecule has 0 bridgehead atoms. The molecule has 0 atom stereocenters. The van der Waals surface area contributed by atoms with E-state index in [1.54, 1.807) is 0 Å². The van der Waals surface area contributed by atoms with Crippen LogP contribution >= 0.6 is 0 Å². The average molecular weight is 172 g/mol. The van der Waals surface area contributed by atoms with Crippen LogP contribution in [-0.2, 0) is 6.42 Å². The lowest BCUT2D eigenvalue weighted by molar-refractivity contribution is 0.977. The Morgan fingerprint density at radius 2 is 2.08 bits per heavy atom. The second-order valence-electron chi connectivity index (χ2n) is 3.03. The van der Waals surface area contributed by atoms with Gasteiger partial charge in [0, 0.05) is 11.6 Å². The number of nitrogens with two attached hydrogens (primary N) is 1. The Balaban J connectivity index is 2.61. The summed E-state index contributed by atoms with van der Waals surface area (Å²) < 4.78 is 0. The van der Waals surface area contributed by atoms with Gasteiger partial charge in [0.1, 0.15) is 0 Å². The minimum Gasteiger partial charge on any atom is -0.330 e. The van der Waals surface area contributed by atoms with Crippen LogP contribution in [0.5, 0.6) is 0 Å². The zero-order chi connectivity index (χ0) is 9.10. The first-order valence-corrected chi connectivity index (χ1v) is 4.44. The maximum atomic E-state index is 5.53. The summed E-state index contributed by atoms with van der Waals surface area (Å²) in [7, 11) is 0. The third-order valence-electron chi connectivity index (χ3n) is 2.15. The largest absolute Gasteiger partial charge is 0.330 e. The number of nitrogens with zero attached hydrogens (tertiary/aromatic N) is 1. The number of benzene rings is 1. The van der Waals surface area contributed by atoms with Crippen molar-refractivity contribution >= 4 is 10.9 Å². The highest BCUT2D eigenvalue weighted by atomic mass is 14.6. The summed E-state index contributed by atoms with van der Waals surface area (Å²) in [6, 6.07) is 10.2. The van der Waals surface area contributed by atoms with Crippen LogP contribution in [0.15, 0.2) is 36.5 Å². The molecule has 0 unspecified atom stereocenters. The molecule has 0 spiro atoms. The van der Waals surface area contributed by atoms with Gasteiger partial charge in [0.15, 0.2) is 0 Å². The summed E-state index contributed by atoms with van der Waals surface area (Å²) in [6.45, 7) is 0.688. The molecule has 1 aromatic heterocycles. The van der Waals surface area contributed by atoms with Crippen molar-refractivity contribution in [3.8, 4) is 0 Å². The summed E-state index contributed by atoms with van der Waals surface area (Å²) in [4.78, 5) is 4.28. The SMILES string of the molecule is NCCc1cccc2ncccc12. The quantitative estimate of drug-likeness (QED) is 0.749. The zero-order valence-electron chi connectivity index (χ0n) is 7.40. The van der Waals surface area contributed by atoms with E-state index in [-0.39, 0.29) is 0 Å². The molecule has 0 fully saturated rings. The Hall–Kier alpha value is -1.41. The Morgan fingerprint density at radius 1 is 1.15 bits per heavy atom. The first-order chi connectivity index (χ1) is 6.42. The van der Waals surface area contributed by atoms with Crippen LogP contribution in [0, 0.1) is 0 Å². The van der Waals surface area contributed by atoms with Gasteiger partial charge in [0.05, 0.1) is 5.52 Å². The third-order valence-corrected chi connectivity index (χ3v) is 2.15. The van der Waals surface area contributed by atoms with Crippen molar-refractivity contribution in [2.75, 3.05) is 6.54 Å². The van der Waals surface area contributed by atoms with Gasteiger partial charge in [-0.1, -0.05) is 18.2 Å². The summed E-state index contributed by atoms with van der Waals surface area (Å²) in [5, 5.41) is 1.22. The van der Waals surface area contributed by atoms with E-state index in [0.29, 0.717) is 6.54 Å². The second-order valence-corrected chi connectivity index (χ2v) is 3.03. The molecule has 2 aromatic rings. The molecule has 0 saturated heterocycles. The van der Waals surface area contributed by atoms with Crippen LogP contribution in [0.3, 0.4) is 0 Å². The standard InChI is InChI=1S/C11H12N2/c12-7-6-9-3-1-5-11-10(9)4-2-8-13-11/h1-5,8H,6-7,12H2. The van der Waals surface area contributed by atoms with Crippen molar-refractivity contribution in [1.82, 2.24) is 4.98 Å². The predicted octanol–water partition coefficient (Wildman–Crippen LogP) is 1.74. The van der Waals surface area contributed by atoms with Gasteiger partial charge in [-0.2, -0.15) is 0 Å². The van der Waals surface area contributed by atoms with Gasteiger partial charge in [0.2, 0.25) is 0 Å². The highest BCUT2D eigenvalue weighted by Crippen LogP contribution is 2.16. The van der Waals surface area contributed by atoms with E-state index in [4.69, 9.17) is 5.73 Å². The number of rotatable bonds is 2. The zero-order valence-corrected chi connectivity index (χ0v) is 7.40. The van der Waals surface area contributed by atoms with E-state index < -0.39 is 0 Å². The molecule has 2 rings (SSSR count). The smallest absolute Gasteiger partial charge is 0.0704 e. The Morgan fingerprint density at radius 3 is 2.92 bits per heavy atom. The molecule has 2 heteroatoms. The monoisotopic (exact) mass is 172 g/mol. The normalized spacial score (nSPS) is 10.5. The van der Waals surface area contributed by atoms with Crippen molar-refractivity contribution in [3.05, 3.63) is 42.1 Å². The Labute approximate surface area is 77.4 Å². The first kappa shape index (κ1) is 8.20. The molecule has 0 aliphatic carbocycles. The maximum Gasteiger partial charge on any atom is 0.0704 e. The van der Waals surface area contributed by atoms with E-state index in [1.807, 2.05) is 24.4 Å². The molecular formula is C11H12N2. The Kier molecular flexibility index (Phi) is 2.23. The van der Waals surface area contributed by atoms with Crippen molar-refractivity contribution in [3.63, 3.8) is 0 Å². The highest BCUT2D eigenvalue weighted by molar-refractivity contribution is 5.81. The molecule has 2 nitrogen and oxygen atoms in total. The van der Waals surface area contributed by atoms with Gasteiger partial charge in [-0.3, -0.25) is 4.98 Å². The van der Waals surface area contributed by atoms with Crippen LogP contribution in [0.25, 0.3) is 10.9 Å². The van der Waals surface area contributed by atoms with Gasteiger partial charge in [0.25, 0.3) is 0 Å². The van der Waals surface area contributed by atoms with E-state index in [2.05, 4.69) is 17.1 Å². The van der Waals surface area contributed by atoms with Crippen molar-refractivity contribution in [2.24, 2.45) is 5.73 Å². The fourth-order valence-corrected chi connectivity index (χ4v) is 1.54. The fourth-order valence-electron chi connectivity index (χ4n) is 1.54. The highest BCUT2D eigenvalue weighted by Gasteiger charge is 1.98. The van der Waals surface area contributed by atoms with Crippen LogP contribution < -0.4 is 5.73 Å². The molecular weight excluding hydrogens is 160 g/mol. The molecule has 0 aliphatic rings. The maximum absolute atomic E-state index is 5.53. The first-order valence-electron chi connectivity index (χ1n) is 4.44. The predicted molar refractivity (Wildman–Crippen MR) is 54.5 cm³/mol. The molecule has 0 amide bonds. The van der Waals surface area contributed by atoms with Gasteiger partial charge in [-0.25, -0.2) is 0 Å². The molecule has 1 heterocycles. The molecule has 66 valence electrons. The van der Waals surface area contributed by atoms with Crippen molar-refractivity contribution in [2.45, 2.75) is 6.42 Å². The molecule has 1 aromatic carbocycles. The number of aromatic nitrogens is 1. The summed E-state index contributed by atoms with van der Waals surface area (Å²) in [6.07, 6.45) is 2.73. The molecule has 13 heavy (non-hydrogen) atoms. The van der Waals surface area contributed by atoms with Crippen molar-refractivity contribution < 1.29 is 0 Å². The van der Waals surface area contributed by atoms with Crippen LogP contribution in [0.4, 0.5) is 0 Å². The number of hydrogen-bond acceptors (Lipinski definition) is 2. The molecule has 2 N–H and O–H groups in total. The minimum absolute atomic E-state index is 0.688. The summed E-state index contributed by atoms with van der Waals surface area (Å²) >= 11 is 0. The lowest BCUT2D eigenvalue weighted by atomic mass is 10.1. The van der Waals surface area contributed by atoms with Crippen LogP contribution in [0.1, 0.15) is 5.56 Å². The van der Waals surface area contributed by atoms with Crippen LogP contribution in [-0.4, -0.2) is 11.5 Å².